The van der Waals surface area contributed by atoms with Gasteiger partial charge in [0.05, 0.1) is 6.61 Å². The first kappa shape index (κ1) is 19.0. The van der Waals surface area contributed by atoms with Crippen LogP contribution in [0.4, 0.5) is 10.6 Å². The van der Waals surface area contributed by atoms with Crippen molar-refractivity contribution in [2.75, 3.05) is 44.2 Å². The highest BCUT2D eigenvalue weighted by atomic mass is 16.6. The van der Waals surface area contributed by atoms with Gasteiger partial charge in [0.25, 0.3) is 5.91 Å². The molecule has 8 nitrogen and oxygen atoms in total. The molecular formula is C17H27N5O3. The molecule has 1 aromatic rings. The summed E-state index contributed by atoms with van der Waals surface area (Å²) in [7, 11) is 0. The molecule has 0 unspecified atom stereocenters. The SMILES string of the molecule is CCCCNC(=O)c1cc(N2CCN(C(=O)OCC)CC2)nc(C)n1. The van der Waals surface area contributed by atoms with Gasteiger partial charge in [0, 0.05) is 38.8 Å². The number of anilines is 1. The van der Waals surface area contributed by atoms with Crippen molar-refractivity contribution in [3.8, 4) is 0 Å². The fraction of sp³-hybridized carbons (Fsp3) is 0.647. The van der Waals surface area contributed by atoms with Gasteiger partial charge in [0.1, 0.15) is 17.3 Å². The third-order valence-electron chi connectivity index (χ3n) is 4.00. The molecule has 2 rings (SSSR count). The first-order valence-corrected chi connectivity index (χ1v) is 8.85. The molecule has 0 spiro atoms. The Labute approximate surface area is 148 Å². The number of ether oxygens (including phenoxy) is 1. The van der Waals surface area contributed by atoms with Crippen molar-refractivity contribution in [1.82, 2.24) is 20.2 Å². The van der Waals surface area contributed by atoms with E-state index in [1.54, 1.807) is 24.8 Å². The number of piperazine rings is 1. The van der Waals surface area contributed by atoms with Crippen LogP contribution in [0.15, 0.2) is 6.07 Å². The van der Waals surface area contributed by atoms with Crippen LogP contribution in [0.3, 0.4) is 0 Å². The first-order chi connectivity index (χ1) is 12.0. The Morgan fingerprint density at radius 3 is 2.56 bits per heavy atom. The minimum atomic E-state index is -0.281. The molecule has 1 saturated heterocycles. The third-order valence-corrected chi connectivity index (χ3v) is 4.00. The predicted molar refractivity (Wildman–Crippen MR) is 94.8 cm³/mol. The second-order valence-corrected chi connectivity index (χ2v) is 5.94. The van der Waals surface area contributed by atoms with Crippen LogP contribution >= 0.6 is 0 Å². The van der Waals surface area contributed by atoms with Crippen LogP contribution in [0.25, 0.3) is 0 Å². The lowest BCUT2D eigenvalue weighted by Crippen LogP contribution is -2.49. The quantitative estimate of drug-likeness (QED) is 0.785. The summed E-state index contributed by atoms with van der Waals surface area (Å²) in [6.45, 7) is 9.10. The highest BCUT2D eigenvalue weighted by Gasteiger charge is 2.23. The maximum absolute atomic E-state index is 12.2. The molecule has 0 aromatic carbocycles. The average molecular weight is 349 g/mol. The summed E-state index contributed by atoms with van der Waals surface area (Å²) in [4.78, 5) is 36.4. The number of hydrogen-bond acceptors (Lipinski definition) is 6. The van der Waals surface area contributed by atoms with E-state index in [0.717, 1.165) is 18.7 Å². The Kier molecular flexibility index (Phi) is 6.97. The Morgan fingerprint density at radius 1 is 1.20 bits per heavy atom. The molecule has 8 heteroatoms. The number of unbranched alkanes of at least 4 members (excludes halogenated alkanes) is 1. The molecule has 1 fully saturated rings. The summed E-state index contributed by atoms with van der Waals surface area (Å²) < 4.78 is 5.03. The molecule has 1 aromatic heterocycles. The van der Waals surface area contributed by atoms with Gasteiger partial charge in [0.2, 0.25) is 0 Å². The lowest BCUT2D eigenvalue weighted by atomic mass is 10.2. The second kappa shape index (κ2) is 9.19. The van der Waals surface area contributed by atoms with E-state index in [4.69, 9.17) is 4.74 Å². The van der Waals surface area contributed by atoms with Crippen LogP contribution in [0, 0.1) is 6.92 Å². The van der Waals surface area contributed by atoms with Gasteiger partial charge in [0.15, 0.2) is 0 Å². The molecule has 0 saturated carbocycles. The number of carbonyl (C=O) groups is 2. The molecular weight excluding hydrogens is 322 g/mol. The zero-order valence-electron chi connectivity index (χ0n) is 15.2. The summed E-state index contributed by atoms with van der Waals surface area (Å²) in [5.41, 5.74) is 0.381. The summed E-state index contributed by atoms with van der Waals surface area (Å²) in [5.74, 6) is 1.10. The fourth-order valence-corrected chi connectivity index (χ4v) is 2.63. The van der Waals surface area contributed by atoms with Gasteiger partial charge in [-0.25, -0.2) is 14.8 Å². The highest BCUT2D eigenvalue weighted by Crippen LogP contribution is 2.16. The molecule has 0 aliphatic carbocycles. The summed E-state index contributed by atoms with van der Waals surface area (Å²) >= 11 is 0. The van der Waals surface area contributed by atoms with Crippen molar-refractivity contribution in [2.45, 2.75) is 33.6 Å². The number of aryl methyl sites for hydroxylation is 1. The summed E-state index contributed by atoms with van der Waals surface area (Å²) in [5, 5.41) is 2.88. The van der Waals surface area contributed by atoms with Gasteiger partial charge in [-0.2, -0.15) is 0 Å². The zero-order valence-corrected chi connectivity index (χ0v) is 15.2. The number of hydrogen-bond donors (Lipinski definition) is 1. The molecule has 0 radical (unpaired) electrons. The number of nitrogens with zero attached hydrogens (tertiary/aromatic N) is 4. The molecule has 1 N–H and O–H groups in total. The van der Waals surface area contributed by atoms with E-state index in [9.17, 15) is 9.59 Å². The van der Waals surface area contributed by atoms with E-state index in [1.165, 1.54) is 0 Å². The van der Waals surface area contributed by atoms with Crippen LogP contribution in [-0.4, -0.2) is 66.2 Å². The molecule has 1 aliphatic rings. The van der Waals surface area contributed by atoms with Crippen LogP contribution in [0.2, 0.25) is 0 Å². The topological polar surface area (TPSA) is 87.7 Å². The minimum Gasteiger partial charge on any atom is -0.450 e. The smallest absolute Gasteiger partial charge is 0.409 e. The van der Waals surface area contributed by atoms with Gasteiger partial charge in [-0.05, 0) is 20.3 Å². The van der Waals surface area contributed by atoms with Crippen molar-refractivity contribution in [3.63, 3.8) is 0 Å². The Morgan fingerprint density at radius 2 is 1.92 bits per heavy atom. The number of nitrogens with one attached hydrogen (secondary N) is 1. The molecule has 138 valence electrons. The van der Waals surface area contributed by atoms with E-state index in [-0.39, 0.29) is 12.0 Å². The van der Waals surface area contributed by atoms with Crippen molar-refractivity contribution >= 4 is 17.8 Å². The maximum atomic E-state index is 12.2. The van der Waals surface area contributed by atoms with Gasteiger partial charge >= 0.3 is 6.09 Å². The van der Waals surface area contributed by atoms with E-state index in [2.05, 4.69) is 27.1 Å². The van der Waals surface area contributed by atoms with Crippen molar-refractivity contribution in [2.24, 2.45) is 0 Å². The average Bonchev–Trinajstić information content (AvgIpc) is 2.61. The van der Waals surface area contributed by atoms with Crippen LogP contribution in [0.5, 0.6) is 0 Å². The third kappa shape index (κ3) is 5.30. The lowest BCUT2D eigenvalue weighted by molar-refractivity contribution is 0.0947. The Hall–Kier alpha value is -2.38. The highest BCUT2D eigenvalue weighted by molar-refractivity contribution is 5.92. The monoisotopic (exact) mass is 349 g/mol. The van der Waals surface area contributed by atoms with Crippen LogP contribution in [-0.2, 0) is 4.74 Å². The second-order valence-electron chi connectivity index (χ2n) is 5.94. The number of rotatable bonds is 6. The van der Waals surface area contributed by atoms with E-state index < -0.39 is 0 Å². The standard InChI is InChI=1S/C17H27N5O3/c1-4-6-7-18-16(23)14-12-15(20-13(3)19-14)21-8-10-22(11-9-21)17(24)25-5-2/h12H,4-11H2,1-3H3,(H,18,23). The predicted octanol–water partition coefficient (Wildman–Crippen LogP) is 1.59. The molecule has 0 atom stereocenters. The lowest BCUT2D eigenvalue weighted by Gasteiger charge is -2.34. The summed E-state index contributed by atoms with van der Waals surface area (Å²) in [6, 6.07) is 1.72. The molecule has 0 bridgehead atoms. The zero-order chi connectivity index (χ0) is 18.2. The van der Waals surface area contributed by atoms with Gasteiger partial charge in [-0.15, -0.1) is 0 Å². The van der Waals surface area contributed by atoms with E-state index in [0.29, 0.717) is 50.8 Å². The van der Waals surface area contributed by atoms with Gasteiger partial charge < -0.3 is 19.9 Å². The maximum Gasteiger partial charge on any atom is 0.409 e. The molecule has 25 heavy (non-hydrogen) atoms. The fourth-order valence-electron chi connectivity index (χ4n) is 2.63. The number of amides is 2. The molecule has 1 aliphatic heterocycles. The van der Waals surface area contributed by atoms with Crippen molar-refractivity contribution in [1.29, 1.82) is 0 Å². The molecule has 2 heterocycles. The van der Waals surface area contributed by atoms with Crippen molar-refractivity contribution < 1.29 is 14.3 Å². The van der Waals surface area contributed by atoms with Gasteiger partial charge in [-0.3, -0.25) is 4.79 Å². The van der Waals surface area contributed by atoms with Crippen LogP contribution in [0.1, 0.15) is 43.0 Å². The first-order valence-electron chi connectivity index (χ1n) is 8.85. The number of aromatic nitrogens is 2. The largest absolute Gasteiger partial charge is 0.450 e. The van der Waals surface area contributed by atoms with Gasteiger partial charge in [-0.1, -0.05) is 13.3 Å². The summed E-state index contributed by atoms with van der Waals surface area (Å²) in [6.07, 6.45) is 1.69. The van der Waals surface area contributed by atoms with Crippen molar-refractivity contribution in [3.05, 3.63) is 17.6 Å². The molecule has 2 amide bonds. The normalized spacial score (nSPS) is 14.4. The Bertz CT molecular complexity index is 600. The Balaban J connectivity index is 2.00. The van der Waals surface area contributed by atoms with E-state index >= 15 is 0 Å². The number of carbonyl (C=O) groups excluding carboxylic acids is 2. The van der Waals surface area contributed by atoms with Crippen LogP contribution < -0.4 is 10.2 Å². The minimum absolute atomic E-state index is 0.176. The van der Waals surface area contributed by atoms with E-state index in [1.807, 2.05) is 0 Å².